The monoisotopic (exact) mass is 223 g/mol. The summed E-state index contributed by atoms with van der Waals surface area (Å²) in [6.07, 6.45) is 0.727. The molecular weight excluding hydrogens is 214 g/mol. The van der Waals surface area contributed by atoms with E-state index < -0.39 is 15.6 Å². The average molecular weight is 223 g/mol. The Hall–Kier alpha value is -1.54. The van der Waals surface area contributed by atoms with E-state index in [1.54, 1.807) is 18.2 Å². The van der Waals surface area contributed by atoms with Crippen LogP contribution in [-0.2, 0) is 16.3 Å². The van der Waals surface area contributed by atoms with Crippen LogP contribution in [0.2, 0.25) is 0 Å². The summed E-state index contributed by atoms with van der Waals surface area (Å²) in [5.74, 6) is 0.262. The zero-order valence-corrected chi connectivity index (χ0v) is 8.75. The molecule has 4 nitrogen and oxygen atoms in total. The molecule has 78 valence electrons. The van der Waals surface area contributed by atoms with E-state index in [0.717, 1.165) is 17.7 Å². The first-order chi connectivity index (χ1) is 7.13. The third kappa shape index (κ3) is 1.81. The molecule has 1 aliphatic rings. The normalized spacial score (nSPS) is 14.1. The van der Waals surface area contributed by atoms with E-state index in [9.17, 15) is 8.42 Å². The lowest BCUT2D eigenvalue weighted by molar-refractivity contribution is 0.356. The summed E-state index contributed by atoms with van der Waals surface area (Å²) in [6.45, 7) is 0.594. The van der Waals surface area contributed by atoms with Crippen LogP contribution in [0.3, 0.4) is 0 Å². The van der Waals surface area contributed by atoms with Crippen molar-refractivity contribution >= 4 is 9.84 Å². The maximum atomic E-state index is 11.6. The van der Waals surface area contributed by atoms with Crippen molar-refractivity contribution in [3.8, 4) is 11.8 Å². The van der Waals surface area contributed by atoms with Crippen LogP contribution < -0.4 is 4.74 Å². The van der Waals surface area contributed by atoms with Gasteiger partial charge in [-0.05, 0) is 23.8 Å². The van der Waals surface area contributed by atoms with Gasteiger partial charge in [-0.25, -0.2) is 8.42 Å². The predicted octanol–water partition coefficient (Wildman–Crippen LogP) is 0.919. The highest BCUT2D eigenvalue weighted by molar-refractivity contribution is 7.91. The van der Waals surface area contributed by atoms with E-state index in [1.165, 1.54) is 6.07 Å². The molecule has 0 atom stereocenters. The minimum absolute atomic E-state index is 0.202. The van der Waals surface area contributed by atoms with Gasteiger partial charge < -0.3 is 4.74 Å². The number of hydrogen-bond donors (Lipinski definition) is 0. The lowest BCUT2D eigenvalue weighted by Crippen LogP contribution is -2.05. The van der Waals surface area contributed by atoms with Crippen molar-refractivity contribution in [1.82, 2.24) is 0 Å². The number of hydrogen-bond acceptors (Lipinski definition) is 4. The summed E-state index contributed by atoms with van der Waals surface area (Å²) in [5, 5.41) is 8.40. The number of sulfone groups is 1. The third-order valence-corrected chi connectivity index (χ3v) is 3.76. The molecule has 0 bridgehead atoms. The first-order valence-corrected chi connectivity index (χ1v) is 6.14. The molecule has 0 radical (unpaired) electrons. The molecule has 1 aliphatic heterocycles. The number of benzene rings is 1. The van der Waals surface area contributed by atoms with Crippen molar-refractivity contribution in [1.29, 1.82) is 5.26 Å². The van der Waals surface area contributed by atoms with E-state index in [1.807, 2.05) is 0 Å². The second-order valence-corrected chi connectivity index (χ2v) is 5.27. The molecule has 0 unspecified atom stereocenters. The first-order valence-electron chi connectivity index (χ1n) is 4.49. The topological polar surface area (TPSA) is 67.2 Å². The van der Waals surface area contributed by atoms with Gasteiger partial charge in [-0.15, -0.1) is 0 Å². The van der Waals surface area contributed by atoms with Gasteiger partial charge in [0, 0.05) is 6.42 Å². The molecule has 0 fully saturated rings. The smallest absolute Gasteiger partial charge is 0.191 e. The van der Waals surface area contributed by atoms with E-state index in [4.69, 9.17) is 10.00 Å². The zero-order chi connectivity index (χ0) is 10.9. The van der Waals surface area contributed by atoms with Crippen LogP contribution in [0.5, 0.6) is 5.75 Å². The van der Waals surface area contributed by atoms with Gasteiger partial charge in [0.05, 0.1) is 17.6 Å². The molecule has 1 aromatic carbocycles. The van der Waals surface area contributed by atoms with Gasteiger partial charge in [-0.3, -0.25) is 0 Å². The van der Waals surface area contributed by atoms with E-state index in [-0.39, 0.29) is 4.90 Å². The Labute approximate surface area is 88.0 Å². The third-order valence-electron chi connectivity index (χ3n) is 2.27. The average Bonchev–Trinajstić information content (AvgIpc) is 2.63. The molecule has 0 amide bonds. The van der Waals surface area contributed by atoms with Crippen LogP contribution in [0.25, 0.3) is 0 Å². The summed E-state index contributed by atoms with van der Waals surface area (Å²) < 4.78 is 28.4. The lowest BCUT2D eigenvalue weighted by atomic mass is 10.2. The molecular formula is C10H9NO3S. The Balaban J connectivity index is 2.44. The summed E-state index contributed by atoms with van der Waals surface area (Å²) >= 11 is 0. The van der Waals surface area contributed by atoms with E-state index in [2.05, 4.69) is 0 Å². The molecule has 5 heteroatoms. The lowest BCUT2D eigenvalue weighted by Gasteiger charge is -2.02. The quantitative estimate of drug-likeness (QED) is 0.747. The van der Waals surface area contributed by atoms with Crippen LogP contribution in [-0.4, -0.2) is 20.8 Å². The fourth-order valence-electron chi connectivity index (χ4n) is 1.52. The van der Waals surface area contributed by atoms with E-state index in [0.29, 0.717) is 6.61 Å². The van der Waals surface area contributed by atoms with Crippen LogP contribution in [0.1, 0.15) is 5.56 Å². The van der Waals surface area contributed by atoms with Crippen LogP contribution in [0.4, 0.5) is 0 Å². The van der Waals surface area contributed by atoms with Crippen molar-refractivity contribution in [2.75, 3.05) is 12.4 Å². The standard InChI is InChI=1S/C10H9NO3S/c11-4-6-15(12,13)9-1-2-10-8(7-9)3-5-14-10/h1-2,7H,3,5-6H2. The maximum Gasteiger partial charge on any atom is 0.191 e. The summed E-state index contributed by atoms with van der Waals surface area (Å²) in [5.41, 5.74) is 0.897. The Morgan fingerprint density at radius 1 is 1.47 bits per heavy atom. The summed E-state index contributed by atoms with van der Waals surface area (Å²) in [4.78, 5) is 0.202. The van der Waals surface area contributed by atoms with Crippen molar-refractivity contribution in [2.45, 2.75) is 11.3 Å². The van der Waals surface area contributed by atoms with Crippen molar-refractivity contribution < 1.29 is 13.2 Å². The number of rotatable bonds is 2. The molecule has 0 saturated heterocycles. The Morgan fingerprint density at radius 3 is 3.00 bits per heavy atom. The SMILES string of the molecule is N#CCS(=O)(=O)c1ccc2c(c1)CCO2. The first kappa shape index (κ1) is 9.99. The van der Waals surface area contributed by atoms with Crippen molar-refractivity contribution in [2.24, 2.45) is 0 Å². The molecule has 0 N–H and O–H groups in total. The Kier molecular flexibility index (Phi) is 2.37. The molecule has 0 aromatic heterocycles. The molecule has 2 rings (SSSR count). The highest BCUT2D eigenvalue weighted by Crippen LogP contribution is 2.27. The van der Waals surface area contributed by atoms with Gasteiger partial charge in [-0.2, -0.15) is 5.26 Å². The van der Waals surface area contributed by atoms with Gasteiger partial charge in [0.2, 0.25) is 0 Å². The molecule has 0 spiro atoms. The van der Waals surface area contributed by atoms with Gasteiger partial charge >= 0.3 is 0 Å². The minimum atomic E-state index is -3.45. The van der Waals surface area contributed by atoms with Gasteiger partial charge in [-0.1, -0.05) is 0 Å². The fraction of sp³-hybridized carbons (Fsp3) is 0.300. The van der Waals surface area contributed by atoms with Crippen LogP contribution >= 0.6 is 0 Å². The van der Waals surface area contributed by atoms with Gasteiger partial charge in [0.25, 0.3) is 0 Å². The molecule has 0 aliphatic carbocycles. The van der Waals surface area contributed by atoms with Crippen molar-refractivity contribution in [3.63, 3.8) is 0 Å². The number of ether oxygens (including phenoxy) is 1. The Bertz CT molecular complexity index is 528. The van der Waals surface area contributed by atoms with Gasteiger partial charge in [0.1, 0.15) is 11.5 Å². The Morgan fingerprint density at radius 2 is 2.27 bits per heavy atom. The van der Waals surface area contributed by atoms with Crippen LogP contribution in [0.15, 0.2) is 23.1 Å². The predicted molar refractivity (Wildman–Crippen MR) is 53.3 cm³/mol. The highest BCUT2D eigenvalue weighted by Gasteiger charge is 2.18. The second-order valence-electron chi connectivity index (χ2n) is 3.29. The fourth-order valence-corrected chi connectivity index (χ4v) is 2.46. The molecule has 1 aromatic rings. The van der Waals surface area contributed by atoms with Crippen molar-refractivity contribution in [3.05, 3.63) is 23.8 Å². The minimum Gasteiger partial charge on any atom is -0.493 e. The molecule has 15 heavy (non-hydrogen) atoms. The molecule has 1 heterocycles. The zero-order valence-electron chi connectivity index (χ0n) is 7.93. The summed E-state index contributed by atoms with van der Waals surface area (Å²) in [7, 11) is -3.45. The largest absolute Gasteiger partial charge is 0.493 e. The van der Waals surface area contributed by atoms with E-state index >= 15 is 0 Å². The second kappa shape index (κ2) is 3.55. The van der Waals surface area contributed by atoms with Gasteiger partial charge in [0.15, 0.2) is 9.84 Å². The number of nitriles is 1. The number of nitrogens with zero attached hydrogens (tertiary/aromatic N) is 1. The van der Waals surface area contributed by atoms with Crippen LogP contribution in [0, 0.1) is 11.3 Å². The molecule has 0 saturated carbocycles. The maximum absolute atomic E-state index is 11.6. The number of fused-ring (bicyclic) bond motifs is 1. The summed E-state index contributed by atoms with van der Waals surface area (Å²) in [6, 6.07) is 6.38. The highest BCUT2D eigenvalue weighted by atomic mass is 32.2.